The van der Waals surface area contributed by atoms with Crippen molar-refractivity contribution in [1.29, 1.82) is 0 Å². The van der Waals surface area contributed by atoms with Gasteiger partial charge in [0, 0.05) is 6.04 Å². The second-order valence-corrected chi connectivity index (χ2v) is 5.44. The number of benzene rings is 1. The number of carbonyl (C=O) groups is 1. The van der Waals surface area contributed by atoms with Gasteiger partial charge in [-0.2, -0.15) is 0 Å². The maximum absolute atomic E-state index is 12.2. The van der Waals surface area contributed by atoms with Crippen molar-refractivity contribution >= 4 is 5.91 Å². The molecule has 1 atom stereocenters. The largest absolute Gasteiger partial charge is 0.352 e. The van der Waals surface area contributed by atoms with Crippen LogP contribution in [-0.4, -0.2) is 11.9 Å². The Hall–Kier alpha value is -1.35. The summed E-state index contributed by atoms with van der Waals surface area (Å²) in [6.07, 6.45) is 8.52. The molecule has 0 aromatic heterocycles. The van der Waals surface area contributed by atoms with Gasteiger partial charge in [-0.05, 0) is 18.4 Å². The molecule has 1 amide bonds. The van der Waals surface area contributed by atoms with E-state index in [1.165, 1.54) is 32.1 Å². The standard InChI is InChI=1S/C16H24N2O/c17-15(13-9-5-4-6-10-13)16(19)18-14-11-7-2-1-3-8-12-14/h4-6,9-10,14-15H,1-3,7-8,11-12,17H2,(H,18,19). The smallest absolute Gasteiger partial charge is 0.241 e. The summed E-state index contributed by atoms with van der Waals surface area (Å²) in [6, 6.07) is 9.33. The third kappa shape index (κ3) is 4.35. The Morgan fingerprint density at radius 1 is 1.05 bits per heavy atom. The Morgan fingerprint density at radius 2 is 1.63 bits per heavy atom. The second-order valence-electron chi connectivity index (χ2n) is 5.44. The highest BCUT2D eigenvalue weighted by molar-refractivity contribution is 5.83. The van der Waals surface area contributed by atoms with E-state index in [2.05, 4.69) is 5.32 Å². The molecule has 2 rings (SSSR count). The third-order valence-electron chi connectivity index (χ3n) is 3.89. The highest BCUT2D eigenvalue weighted by Crippen LogP contribution is 2.18. The number of rotatable bonds is 3. The second kappa shape index (κ2) is 7.29. The molecule has 0 spiro atoms. The Morgan fingerprint density at radius 3 is 2.26 bits per heavy atom. The summed E-state index contributed by atoms with van der Waals surface area (Å²) in [7, 11) is 0. The lowest BCUT2D eigenvalue weighted by Crippen LogP contribution is -2.41. The van der Waals surface area contributed by atoms with Crippen LogP contribution in [0.5, 0.6) is 0 Å². The Balaban J connectivity index is 1.88. The zero-order chi connectivity index (χ0) is 13.5. The molecule has 1 unspecified atom stereocenters. The molecule has 1 aliphatic rings. The SMILES string of the molecule is NC(C(=O)NC1CCCCCCC1)c1ccccc1. The normalized spacial score (nSPS) is 19.2. The van der Waals surface area contributed by atoms with Crippen LogP contribution in [0.4, 0.5) is 0 Å². The maximum atomic E-state index is 12.2. The number of hydrogen-bond acceptors (Lipinski definition) is 2. The van der Waals surface area contributed by atoms with E-state index >= 15 is 0 Å². The van der Waals surface area contributed by atoms with E-state index in [9.17, 15) is 4.79 Å². The number of nitrogens with one attached hydrogen (secondary N) is 1. The number of hydrogen-bond donors (Lipinski definition) is 2. The summed E-state index contributed by atoms with van der Waals surface area (Å²) in [6.45, 7) is 0. The molecule has 19 heavy (non-hydrogen) atoms. The van der Waals surface area contributed by atoms with E-state index in [1.54, 1.807) is 0 Å². The van der Waals surface area contributed by atoms with Crippen LogP contribution in [0.1, 0.15) is 56.6 Å². The van der Waals surface area contributed by atoms with Crippen LogP contribution in [0, 0.1) is 0 Å². The van der Waals surface area contributed by atoms with Crippen LogP contribution < -0.4 is 11.1 Å². The predicted octanol–water partition coefficient (Wildman–Crippen LogP) is 2.92. The first-order valence-electron chi connectivity index (χ1n) is 7.38. The van der Waals surface area contributed by atoms with E-state index in [0.29, 0.717) is 6.04 Å². The molecule has 0 bridgehead atoms. The van der Waals surface area contributed by atoms with Crippen LogP contribution in [0.15, 0.2) is 30.3 Å². The van der Waals surface area contributed by atoms with Gasteiger partial charge < -0.3 is 11.1 Å². The Labute approximate surface area is 115 Å². The van der Waals surface area contributed by atoms with Crippen molar-refractivity contribution in [2.45, 2.75) is 57.0 Å². The monoisotopic (exact) mass is 260 g/mol. The average Bonchev–Trinajstić information content (AvgIpc) is 2.41. The summed E-state index contributed by atoms with van der Waals surface area (Å²) >= 11 is 0. The van der Waals surface area contributed by atoms with Gasteiger partial charge in [0.2, 0.25) is 5.91 Å². The minimum atomic E-state index is -0.549. The molecule has 3 heteroatoms. The molecule has 3 nitrogen and oxygen atoms in total. The lowest BCUT2D eigenvalue weighted by atomic mass is 9.96. The van der Waals surface area contributed by atoms with Crippen molar-refractivity contribution in [3.63, 3.8) is 0 Å². The first-order chi connectivity index (χ1) is 9.27. The van der Waals surface area contributed by atoms with Gasteiger partial charge in [0.1, 0.15) is 6.04 Å². The van der Waals surface area contributed by atoms with Gasteiger partial charge in [0.25, 0.3) is 0 Å². The Kier molecular flexibility index (Phi) is 5.40. The van der Waals surface area contributed by atoms with Crippen molar-refractivity contribution in [3.05, 3.63) is 35.9 Å². The summed E-state index contributed by atoms with van der Waals surface area (Å²) in [5.74, 6) is -0.0447. The van der Waals surface area contributed by atoms with Crippen LogP contribution in [0.2, 0.25) is 0 Å². The molecule has 0 aliphatic heterocycles. The number of nitrogens with two attached hydrogens (primary N) is 1. The Bertz CT molecular complexity index is 383. The zero-order valence-corrected chi connectivity index (χ0v) is 11.5. The highest BCUT2D eigenvalue weighted by atomic mass is 16.2. The third-order valence-corrected chi connectivity index (χ3v) is 3.89. The van der Waals surface area contributed by atoms with Crippen molar-refractivity contribution < 1.29 is 4.79 Å². The number of carbonyl (C=O) groups excluding carboxylic acids is 1. The summed E-state index contributed by atoms with van der Waals surface area (Å²) in [4.78, 5) is 12.2. The summed E-state index contributed by atoms with van der Waals surface area (Å²) in [5.41, 5.74) is 6.89. The first-order valence-corrected chi connectivity index (χ1v) is 7.38. The van der Waals surface area contributed by atoms with Gasteiger partial charge >= 0.3 is 0 Å². The van der Waals surface area contributed by atoms with Crippen LogP contribution in [0.3, 0.4) is 0 Å². The van der Waals surface area contributed by atoms with Gasteiger partial charge in [0.15, 0.2) is 0 Å². The molecule has 1 fully saturated rings. The van der Waals surface area contributed by atoms with Crippen molar-refractivity contribution in [2.24, 2.45) is 5.73 Å². The van der Waals surface area contributed by atoms with E-state index in [-0.39, 0.29) is 5.91 Å². The maximum Gasteiger partial charge on any atom is 0.241 e. The summed E-state index contributed by atoms with van der Waals surface area (Å²) < 4.78 is 0. The van der Waals surface area contributed by atoms with Crippen LogP contribution in [0.25, 0.3) is 0 Å². The molecule has 1 aromatic rings. The molecular formula is C16H24N2O. The fraction of sp³-hybridized carbons (Fsp3) is 0.562. The molecule has 0 heterocycles. The van der Waals surface area contributed by atoms with Gasteiger partial charge in [-0.1, -0.05) is 62.4 Å². The first kappa shape index (κ1) is 14.1. The molecule has 3 N–H and O–H groups in total. The highest BCUT2D eigenvalue weighted by Gasteiger charge is 2.19. The molecule has 1 aromatic carbocycles. The van der Waals surface area contributed by atoms with Crippen molar-refractivity contribution in [3.8, 4) is 0 Å². The number of amides is 1. The molecule has 0 saturated heterocycles. The minimum Gasteiger partial charge on any atom is -0.352 e. The van der Waals surface area contributed by atoms with Crippen molar-refractivity contribution in [2.75, 3.05) is 0 Å². The van der Waals surface area contributed by atoms with E-state index in [4.69, 9.17) is 5.73 Å². The van der Waals surface area contributed by atoms with Crippen LogP contribution in [-0.2, 0) is 4.79 Å². The zero-order valence-electron chi connectivity index (χ0n) is 11.5. The topological polar surface area (TPSA) is 55.1 Å². The predicted molar refractivity (Wildman–Crippen MR) is 77.6 cm³/mol. The summed E-state index contributed by atoms with van der Waals surface area (Å²) in [5, 5.41) is 3.12. The van der Waals surface area contributed by atoms with Gasteiger partial charge in [-0.15, -0.1) is 0 Å². The molecule has 1 aliphatic carbocycles. The molecule has 1 saturated carbocycles. The van der Waals surface area contributed by atoms with E-state index < -0.39 is 6.04 Å². The van der Waals surface area contributed by atoms with Gasteiger partial charge in [0.05, 0.1) is 0 Å². The quantitative estimate of drug-likeness (QED) is 0.878. The van der Waals surface area contributed by atoms with Crippen LogP contribution >= 0.6 is 0 Å². The minimum absolute atomic E-state index is 0.0447. The average molecular weight is 260 g/mol. The lowest BCUT2D eigenvalue weighted by Gasteiger charge is -2.23. The lowest BCUT2D eigenvalue weighted by molar-refractivity contribution is -0.123. The van der Waals surface area contributed by atoms with E-state index in [1.807, 2.05) is 30.3 Å². The van der Waals surface area contributed by atoms with Gasteiger partial charge in [-0.3, -0.25) is 4.79 Å². The van der Waals surface area contributed by atoms with Crippen molar-refractivity contribution in [1.82, 2.24) is 5.32 Å². The fourth-order valence-corrected chi connectivity index (χ4v) is 2.70. The molecular weight excluding hydrogens is 236 g/mol. The fourth-order valence-electron chi connectivity index (χ4n) is 2.70. The molecule has 0 radical (unpaired) electrons. The van der Waals surface area contributed by atoms with Gasteiger partial charge in [-0.25, -0.2) is 0 Å². The van der Waals surface area contributed by atoms with E-state index in [0.717, 1.165) is 18.4 Å². The molecule has 104 valence electrons.